The van der Waals surface area contributed by atoms with Gasteiger partial charge in [-0.3, -0.25) is 4.79 Å². The van der Waals surface area contributed by atoms with E-state index in [1.807, 2.05) is 0 Å². The van der Waals surface area contributed by atoms with Crippen LogP contribution in [0.3, 0.4) is 0 Å². The molecule has 3 heterocycles. The summed E-state index contributed by atoms with van der Waals surface area (Å²) < 4.78 is 29.6. The molecule has 2 atom stereocenters. The number of hydrogen-bond donors (Lipinski definition) is 0. The molecule has 0 bridgehead atoms. The van der Waals surface area contributed by atoms with E-state index < -0.39 is 21.9 Å². The van der Waals surface area contributed by atoms with Gasteiger partial charge in [-0.1, -0.05) is 5.16 Å². The molecule has 1 aromatic rings. The summed E-state index contributed by atoms with van der Waals surface area (Å²) in [6.45, 7) is 0.567. The molecule has 142 valence electrons. The van der Waals surface area contributed by atoms with Crippen LogP contribution in [0, 0.1) is 0 Å². The average Bonchev–Trinajstić information content (AvgIpc) is 3.21. The topological polar surface area (TPSA) is 104 Å². The van der Waals surface area contributed by atoms with Gasteiger partial charge in [-0.05, 0) is 12.8 Å². The van der Waals surface area contributed by atoms with E-state index >= 15 is 0 Å². The number of fused-ring (bicyclic) bond motifs is 1. The second-order valence-electron chi connectivity index (χ2n) is 7.47. The summed E-state index contributed by atoms with van der Waals surface area (Å²) in [5.74, 6) is -0.0973. The van der Waals surface area contributed by atoms with Crippen LogP contribution in [0.4, 0.5) is 4.79 Å². The molecule has 1 saturated carbocycles. The minimum Gasteiger partial charge on any atom is -0.351 e. The van der Waals surface area contributed by atoms with E-state index in [2.05, 4.69) is 5.16 Å². The van der Waals surface area contributed by atoms with E-state index in [0.29, 0.717) is 12.5 Å². The number of carbonyl (C=O) groups excluding carboxylic acids is 2. The largest absolute Gasteiger partial charge is 0.351 e. The van der Waals surface area contributed by atoms with Crippen LogP contribution >= 0.6 is 0 Å². The molecule has 9 nitrogen and oxygen atoms in total. The van der Waals surface area contributed by atoms with Crippen molar-refractivity contribution in [2.75, 3.05) is 38.7 Å². The zero-order valence-electron chi connectivity index (χ0n) is 14.8. The summed E-state index contributed by atoms with van der Waals surface area (Å²) in [6.07, 6.45) is 2.10. The standard InChI is InChI=1S/C16H22N4O5S/c1-18(2)16(22)20-6-5-19(12-8-26(23,24)9-13(12)20)15(21)14-7-11(17-25-14)10-3-4-10/h7,10,12-13H,3-6,8-9H2,1-2H3/t12-,13+/m1/s1. The molecule has 26 heavy (non-hydrogen) atoms. The lowest BCUT2D eigenvalue weighted by Crippen LogP contribution is -2.63. The molecule has 1 aromatic heterocycles. The summed E-state index contributed by atoms with van der Waals surface area (Å²) >= 11 is 0. The number of hydrogen-bond acceptors (Lipinski definition) is 6. The van der Waals surface area contributed by atoms with Crippen molar-refractivity contribution < 1.29 is 22.5 Å². The Hall–Kier alpha value is -2.10. The highest BCUT2D eigenvalue weighted by Gasteiger charge is 2.50. The van der Waals surface area contributed by atoms with E-state index in [9.17, 15) is 18.0 Å². The summed E-state index contributed by atoms with van der Waals surface area (Å²) in [4.78, 5) is 29.8. The third-order valence-corrected chi connectivity index (χ3v) is 7.00. The van der Waals surface area contributed by atoms with E-state index in [4.69, 9.17) is 4.52 Å². The highest BCUT2D eigenvalue weighted by atomic mass is 32.2. The first-order valence-corrected chi connectivity index (χ1v) is 10.5. The highest BCUT2D eigenvalue weighted by Crippen LogP contribution is 2.39. The first kappa shape index (κ1) is 17.3. The maximum Gasteiger partial charge on any atom is 0.319 e. The number of sulfone groups is 1. The smallest absolute Gasteiger partial charge is 0.319 e. The van der Waals surface area contributed by atoms with Crippen LogP contribution in [-0.4, -0.2) is 91.0 Å². The molecule has 3 amide bonds. The monoisotopic (exact) mass is 382 g/mol. The predicted octanol–water partition coefficient (Wildman–Crippen LogP) is 0.157. The van der Waals surface area contributed by atoms with Crippen LogP contribution in [-0.2, 0) is 9.84 Å². The molecule has 0 unspecified atom stereocenters. The fourth-order valence-corrected chi connectivity index (χ4v) is 5.78. The first-order chi connectivity index (χ1) is 12.3. The Bertz CT molecular complexity index is 845. The quantitative estimate of drug-likeness (QED) is 0.722. The van der Waals surface area contributed by atoms with Crippen LogP contribution in [0.25, 0.3) is 0 Å². The van der Waals surface area contributed by atoms with Gasteiger partial charge in [0.15, 0.2) is 9.84 Å². The lowest BCUT2D eigenvalue weighted by Gasteiger charge is -2.44. The van der Waals surface area contributed by atoms with E-state index in [-0.39, 0.29) is 35.7 Å². The average molecular weight is 382 g/mol. The summed E-state index contributed by atoms with van der Waals surface area (Å²) in [5, 5.41) is 3.96. The van der Waals surface area contributed by atoms with Crippen molar-refractivity contribution in [1.29, 1.82) is 0 Å². The molecule has 1 aliphatic carbocycles. The fraction of sp³-hybridized carbons (Fsp3) is 0.688. The SMILES string of the molecule is CN(C)C(=O)N1CCN(C(=O)c2cc(C3CC3)no2)[C@@H]2CS(=O)(=O)C[C@@H]21. The molecule has 0 radical (unpaired) electrons. The van der Waals surface area contributed by atoms with Gasteiger partial charge in [0.25, 0.3) is 5.91 Å². The first-order valence-electron chi connectivity index (χ1n) is 8.73. The predicted molar refractivity (Wildman–Crippen MR) is 91.5 cm³/mol. The zero-order chi connectivity index (χ0) is 18.6. The van der Waals surface area contributed by atoms with Gasteiger partial charge in [0, 0.05) is 39.2 Å². The number of carbonyl (C=O) groups is 2. The third kappa shape index (κ3) is 2.95. The van der Waals surface area contributed by atoms with Crippen molar-refractivity contribution >= 4 is 21.8 Å². The second-order valence-corrected chi connectivity index (χ2v) is 9.62. The Balaban J connectivity index is 1.59. The van der Waals surface area contributed by atoms with Crippen LogP contribution in [0.2, 0.25) is 0 Å². The minimum absolute atomic E-state index is 0.120. The summed E-state index contributed by atoms with van der Waals surface area (Å²) in [7, 11) is -0.0580. The third-order valence-electron chi connectivity index (χ3n) is 5.30. The number of urea groups is 1. The molecule has 2 saturated heterocycles. The van der Waals surface area contributed by atoms with Crippen molar-refractivity contribution in [3.8, 4) is 0 Å². The molecule has 4 rings (SSSR count). The van der Waals surface area contributed by atoms with Crippen LogP contribution in [0.1, 0.15) is 35.0 Å². The normalized spacial score (nSPS) is 27.3. The maximum absolute atomic E-state index is 12.9. The number of nitrogens with zero attached hydrogens (tertiary/aromatic N) is 4. The van der Waals surface area contributed by atoms with Crippen molar-refractivity contribution in [2.24, 2.45) is 0 Å². The lowest BCUT2D eigenvalue weighted by molar-refractivity contribution is 0.0361. The van der Waals surface area contributed by atoms with Crippen LogP contribution < -0.4 is 0 Å². The Labute approximate surface area is 151 Å². The molecular weight excluding hydrogens is 360 g/mol. The number of piperazine rings is 1. The molecule has 3 fully saturated rings. The van der Waals surface area contributed by atoms with E-state index in [1.165, 1.54) is 9.80 Å². The van der Waals surface area contributed by atoms with Gasteiger partial charge in [0.1, 0.15) is 0 Å². The van der Waals surface area contributed by atoms with Crippen LogP contribution in [0.5, 0.6) is 0 Å². The van der Waals surface area contributed by atoms with Crippen LogP contribution in [0.15, 0.2) is 10.6 Å². The fourth-order valence-electron chi connectivity index (χ4n) is 3.80. The van der Waals surface area contributed by atoms with Crippen molar-refractivity contribution in [2.45, 2.75) is 30.8 Å². The molecule has 0 spiro atoms. The van der Waals surface area contributed by atoms with Gasteiger partial charge in [0.05, 0.1) is 29.3 Å². The van der Waals surface area contributed by atoms with Gasteiger partial charge >= 0.3 is 6.03 Å². The Morgan fingerprint density at radius 3 is 2.38 bits per heavy atom. The van der Waals surface area contributed by atoms with Crippen molar-refractivity contribution in [3.05, 3.63) is 17.5 Å². The number of rotatable bonds is 2. The van der Waals surface area contributed by atoms with E-state index in [1.54, 1.807) is 25.1 Å². The molecular formula is C16H22N4O5S. The molecule has 10 heteroatoms. The zero-order valence-corrected chi connectivity index (χ0v) is 15.6. The lowest BCUT2D eigenvalue weighted by atomic mass is 10.0. The second kappa shape index (κ2) is 5.97. The highest BCUT2D eigenvalue weighted by molar-refractivity contribution is 7.91. The van der Waals surface area contributed by atoms with Crippen molar-refractivity contribution in [1.82, 2.24) is 19.9 Å². The molecule has 0 aromatic carbocycles. The minimum atomic E-state index is -3.32. The summed E-state index contributed by atoms with van der Waals surface area (Å²) in [6, 6.07) is 0.341. The summed E-state index contributed by atoms with van der Waals surface area (Å²) in [5.41, 5.74) is 0.783. The Morgan fingerprint density at radius 2 is 1.77 bits per heavy atom. The van der Waals surface area contributed by atoms with Gasteiger partial charge in [-0.25, -0.2) is 13.2 Å². The van der Waals surface area contributed by atoms with Gasteiger partial charge in [-0.15, -0.1) is 0 Å². The molecule has 0 N–H and O–H groups in total. The number of amides is 3. The van der Waals surface area contributed by atoms with Gasteiger partial charge < -0.3 is 19.2 Å². The van der Waals surface area contributed by atoms with E-state index in [0.717, 1.165) is 18.5 Å². The molecule has 2 aliphatic heterocycles. The van der Waals surface area contributed by atoms with Crippen molar-refractivity contribution in [3.63, 3.8) is 0 Å². The Morgan fingerprint density at radius 1 is 1.15 bits per heavy atom. The molecule has 3 aliphatic rings. The van der Waals surface area contributed by atoms with Gasteiger partial charge in [-0.2, -0.15) is 0 Å². The van der Waals surface area contributed by atoms with Gasteiger partial charge in [0.2, 0.25) is 5.76 Å². The Kier molecular flexibility index (Phi) is 3.98. The maximum atomic E-state index is 12.9. The number of aromatic nitrogens is 1.